The predicted octanol–water partition coefficient (Wildman–Crippen LogP) is 0.806. The van der Waals surface area contributed by atoms with E-state index in [1.807, 2.05) is 0 Å². The number of hydrogen-bond acceptors (Lipinski definition) is 3. The van der Waals surface area contributed by atoms with Crippen molar-refractivity contribution in [3.63, 3.8) is 0 Å². The summed E-state index contributed by atoms with van der Waals surface area (Å²) in [5.74, 6) is -1.95. The number of fused-ring (bicyclic) bond motifs is 1. The highest BCUT2D eigenvalue weighted by molar-refractivity contribution is 5.79. The summed E-state index contributed by atoms with van der Waals surface area (Å²) in [6, 6.07) is 3.27. The molecule has 2 aliphatic heterocycles. The van der Waals surface area contributed by atoms with Gasteiger partial charge in [0.15, 0.2) is 11.6 Å². The summed E-state index contributed by atoms with van der Waals surface area (Å²) < 4.78 is 31.4. The summed E-state index contributed by atoms with van der Waals surface area (Å²) in [6.07, 6.45) is 1.03. The van der Waals surface area contributed by atoms with Crippen LogP contribution in [0, 0.1) is 11.6 Å². The van der Waals surface area contributed by atoms with Gasteiger partial charge in [-0.2, -0.15) is 0 Å². The Morgan fingerprint density at radius 1 is 1.38 bits per heavy atom. The Morgan fingerprint density at radius 3 is 3.00 bits per heavy atom. The van der Waals surface area contributed by atoms with Gasteiger partial charge in [0.2, 0.25) is 5.91 Å². The summed E-state index contributed by atoms with van der Waals surface area (Å²) >= 11 is 0. The second kappa shape index (κ2) is 7.12. The zero-order chi connectivity index (χ0) is 17.1. The number of piperidine rings is 1. The third-order valence-electron chi connectivity index (χ3n) is 4.29. The molecular formula is C16H19F2N3O3. The fourth-order valence-corrected chi connectivity index (χ4v) is 3.00. The second-order valence-corrected chi connectivity index (χ2v) is 5.99. The highest BCUT2D eigenvalue weighted by Crippen LogP contribution is 2.17. The van der Waals surface area contributed by atoms with Crippen LogP contribution in [0.2, 0.25) is 0 Å². The molecule has 130 valence electrons. The van der Waals surface area contributed by atoms with E-state index in [2.05, 4.69) is 10.6 Å². The Balaban J connectivity index is 1.46. The van der Waals surface area contributed by atoms with Gasteiger partial charge in [0.25, 0.3) is 0 Å². The lowest BCUT2D eigenvalue weighted by atomic mass is 10.0. The number of nitrogens with zero attached hydrogens (tertiary/aromatic N) is 1. The van der Waals surface area contributed by atoms with Crippen molar-refractivity contribution < 1.29 is 23.1 Å². The quantitative estimate of drug-likeness (QED) is 0.856. The van der Waals surface area contributed by atoms with Crippen molar-refractivity contribution in [2.24, 2.45) is 0 Å². The third kappa shape index (κ3) is 3.81. The molecule has 2 saturated heterocycles. The lowest BCUT2D eigenvalue weighted by Crippen LogP contribution is -2.62. The van der Waals surface area contributed by atoms with Crippen molar-refractivity contribution >= 4 is 11.9 Å². The Bertz CT molecular complexity index is 641. The SMILES string of the molecule is O=C1CO[C@H]2CCN(C(=O)NCCc3ccc(F)c(F)c3)C[C@@H]2N1. The molecule has 0 aliphatic carbocycles. The van der Waals surface area contributed by atoms with Crippen LogP contribution >= 0.6 is 0 Å². The van der Waals surface area contributed by atoms with E-state index in [4.69, 9.17) is 4.74 Å². The summed E-state index contributed by atoms with van der Waals surface area (Å²) in [5.41, 5.74) is 0.612. The summed E-state index contributed by atoms with van der Waals surface area (Å²) in [5, 5.41) is 5.59. The molecule has 2 aliphatic rings. The molecule has 1 aromatic rings. The van der Waals surface area contributed by atoms with E-state index >= 15 is 0 Å². The van der Waals surface area contributed by atoms with Gasteiger partial charge in [0.1, 0.15) is 6.61 Å². The highest BCUT2D eigenvalue weighted by atomic mass is 19.2. The molecule has 0 bridgehead atoms. The number of rotatable bonds is 3. The lowest BCUT2D eigenvalue weighted by Gasteiger charge is -2.40. The summed E-state index contributed by atoms with van der Waals surface area (Å²) in [7, 11) is 0. The maximum absolute atomic E-state index is 13.1. The van der Waals surface area contributed by atoms with Crippen LogP contribution in [0.3, 0.4) is 0 Å². The van der Waals surface area contributed by atoms with Crippen LogP contribution in [0.1, 0.15) is 12.0 Å². The first-order valence-corrected chi connectivity index (χ1v) is 7.90. The molecule has 3 amide bonds. The average molecular weight is 339 g/mol. The average Bonchev–Trinajstić information content (AvgIpc) is 2.57. The van der Waals surface area contributed by atoms with Gasteiger partial charge in [-0.25, -0.2) is 13.6 Å². The van der Waals surface area contributed by atoms with Crippen LogP contribution in [0.4, 0.5) is 13.6 Å². The molecular weight excluding hydrogens is 320 g/mol. The molecule has 0 aromatic heterocycles. The number of benzene rings is 1. The number of amides is 3. The number of carbonyl (C=O) groups excluding carboxylic acids is 2. The van der Waals surface area contributed by atoms with Crippen molar-refractivity contribution in [1.82, 2.24) is 15.5 Å². The molecule has 24 heavy (non-hydrogen) atoms. The number of morpholine rings is 1. The fourth-order valence-electron chi connectivity index (χ4n) is 3.00. The van der Waals surface area contributed by atoms with E-state index in [1.165, 1.54) is 6.07 Å². The van der Waals surface area contributed by atoms with Crippen LogP contribution in [-0.4, -0.2) is 55.2 Å². The van der Waals surface area contributed by atoms with Gasteiger partial charge in [-0.3, -0.25) is 4.79 Å². The Labute approximate surface area is 138 Å². The molecule has 2 N–H and O–H groups in total. The first-order chi connectivity index (χ1) is 11.5. The minimum absolute atomic E-state index is 0.0473. The van der Waals surface area contributed by atoms with Crippen LogP contribution in [0.15, 0.2) is 18.2 Å². The maximum atomic E-state index is 13.1. The number of halogens is 2. The molecule has 2 heterocycles. The van der Waals surface area contributed by atoms with Crippen molar-refractivity contribution in [3.05, 3.63) is 35.4 Å². The van der Waals surface area contributed by atoms with Crippen molar-refractivity contribution in [2.75, 3.05) is 26.2 Å². The predicted molar refractivity (Wildman–Crippen MR) is 81.3 cm³/mol. The minimum atomic E-state index is -0.895. The molecule has 0 radical (unpaired) electrons. The molecule has 8 heteroatoms. The van der Waals surface area contributed by atoms with E-state index in [0.29, 0.717) is 38.0 Å². The van der Waals surface area contributed by atoms with E-state index in [0.717, 1.165) is 12.1 Å². The van der Waals surface area contributed by atoms with Crippen LogP contribution < -0.4 is 10.6 Å². The molecule has 1 aromatic carbocycles. The van der Waals surface area contributed by atoms with Gasteiger partial charge in [-0.15, -0.1) is 0 Å². The zero-order valence-electron chi connectivity index (χ0n) is 13.1. The Morgan fingerprint density at radius 2 is 2.21 bits per heavy atom. The number of ether oxygens (including phenoxy) is 1. The highest BCUT2D eigenvalue weighted by Gasteiger charge is 2.36. The monoisotopic (exact) mass is 339 g/mol. The van der Waals surface area contributed by atoms with Gasteiger partial charge in [0, 0.05) is 19.6 Å². The van der Waals surface area contributed by atoms with Crippen LogP contribution in [-0.2, 0) is 16.0 Å². The number of nitrogens with one attached hydrogen (secondary N) is 2. The molecule has 0 unspecified atom stereocenters. The summed E-state index contributed by atoms with van der Waals surface area (Å²) in [6.45, 7) is 1.33. The molecule has 6 nitrogen and oxygen atoms in total. The first kappa shape index (κ1) is 16.6. The van der Waals surface area contributed by atoms with Crippen LogP contribution in [0.25, 0.3) is 0 Å². The zero-order valence-corrected chi connectivity index (χ0v) is 13.1. The molecule has 2 fully saturated rings. The van der Waals surface area contributed by atoms with E-state index in [-0.39, 0.29) is 30.7 Å². The lowest BCUT2D eigenvalue weighted by molar-refractivity contribution is -0.139. The fraction of sp³-hybridized carbons (Fsp3) is 0.500. The van der Waals surface area contributed by atoms with Gasteiger partial charge in [-0.05, 0) is 30.5 Å². The van der Waals surface area contributed by atoms with E-state index in [1.54, 1.807) is 4.90 Å². The normalized spacial score (nSPS) is 23.4. The molecule has 2 atom stereocenters. The Kier molecular flexibility index (Phi) is 4.94. The standard InChI is InChI=1S/C16H19F2N3O3/c17-11-2-1-10(7-12(11)18)3-5-19-16(23)21-6-4-14-13(8-21)20-15(22)9-24-14/h1-2,7,13-14H,3-6,8-9H2,(H,19,23)(H,20,22)/t13-,14-/m0/s1. The topological polar surface area (TPSA) is 70.7 Å². The van der Waals surface area contributed by atoms with Gasteiger partial charge in [-0.1, -0.05) is 6.07 Å². The number of carbonyl (C=O) groups is 2. The van der Waals surface area contributed by atoms with Crippen LogP contribution in [0.5, 0.6) is 0 Å². The molecule has 0 saturated carbocycles. The Hall–Kier alpha value is -2.22. The van der Waals surface area contributed by atoms with Crippen molar-refractivity contribution in [2.45, 2.75) is 25.0 Å². The van der Waals surface area contributed by atoms with E-state index < -0.39 is 11.6 Å². The van der Waals surface area contributed by atoms with Gasteiger partial charge in [0.05, 0.1) is 12.1 Å². The first-order valence-electron chi connectivity index (χ1n) is 7.90. The number of hydrogen-bond donors (Lipinski definition) is 2. The number of urea groups is 1. The van der Waals surface area contributed by atoms with Crippen molar-refractivity contribution in [3.8, 4) is 0 Å². The number of likely N-dealkylation sites (tertiary alicyclic amines) is 1. The largest absolute Gasteiger partial charge is 0.366 e. The van der Waals surface area contributed by atoms with Crippen molar-refractivity contribution in [1.29, 1.82) is 0 Å². The van der Waals surface area contributed by atoms with Gasteiger partial charge < -0.3 is 20.3 Å². The smallest absolute Gasteiger partial charge is 0.317 e. The summed E-state index contributed by atoms with van der Waals surface area (Å²) in [4.78, 5) is 25.2. The maximum Gasteiger partial charge on any atom is 0.317 e. The molecule has 3 rings (SSSR count). The van der Waals surface area contributed by atoms with Gasteiger partial charge >= 0.3 is 6.03 Å². The molecule has 0 spiro atoms. The van der Waals surface area contributed by atoms with E-state index in [9.17, 15) is 18.4 Å². The second-order valence-electron chi connectivity index (χ2n) is 5.99. The third-order valence-corrected chi connectivity index (χ3v) is 4.29. The minimum Gasteiger partial charge on any atom is -0.366 e.